The molecule has 0 bridgehead atoms. The van der Waals surface area contributed by atoms with Gasteiger partial charge in [0.25, 0.3) is 0 Å². The molecule has 0 aliphatic carbocycles. The molecule has 4 rings (SSSR count). The van der Waals surface area contributed by atoms with Crippen molar-refractivity contribution < 1.29 is 14.4 Å². The van der Waals surface area contributed by atoms with Gasteiger partial charge in [-0.3, -0.25) is 4.98 Å². The van der Waals surface area contributed by atoms with Gasteiger partial charge in [0, 0.05) is 48.0 Å². The fourth-order valence-corrected chi connectivity index (χ4v) is 3.81. The summed E-state index contributed by atoms with van der Waals surface area (Å²) in [6.45, 7) is 1.16. The summed E-state index contributed by atoms with van der Waals surface area (Å²) in [5, 5.41) is 13.5. The lowest BCUT2D eigenvalue weighted by atomic mass is 9.97. The number of aromatic nitrogens is 1. The molecular formula is C23H24N2O3S. The number of aliphatic hydroxyl groups excluding tert-OH is 1. The van der Waals surface area contributed by atoms with Crippen molar-refractivity contribution in [1.82, 2.24) is 10.3 Å². The Labute approximate surface area is 175 Å². The summed E-state index contributed by atoms with van der Waals surface area (Å²) in [6, 6.07) is 17.9. The van der Waals surface area contributed by atoms with Crippen LogP contribution in [0.3, 0.4) is 0 Å². The van der Waals surface area contributed by atoms with Crippen molar-refractivity contribution in [3.63, 3.8) is 0 Å². The molecule has 150 valence electrons. The van der Waals surface area contributed by atoms with Crippen molar-refractivity contribution in [2.75, 3.05) is 13.1 Å². The van der Waals surface area contributed by atoms with Crippen molar-refractivity contribution in [2.45, 2.75) is 29.9 Å². The van der Waals surface area contributed by atoms with Crippen LogP contribution in [0, 0.1) is 0 Å². The highest BCUT2D eigenvalue weighted by atomic mass is 32.2. The zero-order valence-electron chi connectivity index (χ0n) is 16.0. The molecule has 0 fully saturated rings. The molecule has 2 unspecified atom stereocenters. The third-order valence-corrected chi connectivity index (χ3v) is 5.64. The van der Waals surface area contributed by atoms with Crippen LogP contribution in [0.2, 0.25) is 0 Å². The average molecular weight is 409 g/mol. The average Bonchev–Trinajstić information content (AvgIpc) is 2.79. The summed E-state index contributed by atoms with van der Waals surface area (Å²) in [6.07, 6.45) is 4.81. The van der Waals surface area contributed by atoms with Gasteiger partial charge in [-0.25, -0.2) is 0 Å². The molecule has 5 nitrogen and oxygen atoms in total. The molecule has 3 N–H and O–H groups in total. The molecule has 0 saturated heterocycles. The minimum Gasteiger partial charge on any atom is -0.489 e. The number of aryl methyl sites for hydroxylation is 1. The van der Waals surface area contributed by atoms with E-state index < -0.39 is 6.10 Å². The molecule has 2 atom stereocenters. The summed E-state index contributed by atoms with van der Waals surface area (Å²) in [4.78, 5) is 4.87. The normalized spacial score (nSPS) is 16.7. The number of aliphatic hydroxyl groups is 1. The maximum atomic E-state index is 10.2. The van der Waals surface area contributed by atoms with E-state index in [-0.39, 0.29) is 6.10 Å². The van der Waals surface area contributed by atoms with Crippen molar-refractivity contribution in [3.8, 4) is 16.9 Å². The lowest BCUT2D eigenvalue weighted by Crippen LogP contribution is -2.36. The largest absolute Gasteiger partial charge is 0.489 e. The first-order chi connectivity index (χ1) is 14.2. The molecule has 6 heteroatoms. The maximum Gasteiger partial charge on any atom is 0.123 e. The highest BCUT2D eigenvalue weighted by Gasteiger charge is 2.20. The highest BCUT2D eigenvalue weighted by molar-refractivity contribution is 7.93. The molecule has 29 heavy (non-hydrogen) atoms. The standard InChI is InChI=1S/C23H24N2O3S/c26-22(19-2-1-11-24-13-19)15-25-14-20-7-3-18-12-17(6-10-23(18)28-20)16-4-8-21(29-27)9-5-16/h1-2,4-6,8-13,20,22,25-27H,3,7,14-15H2. The Morgan fingerprint density at radius 2 is 1.97 bits per heavy atom. The van der Waals surface area contributed by atoms with Crippen LogP contribution in [-0.2, 0) is 6.42 Å². The number of hydrogen-bond donors (Lipinski definition) is 3. The van der Waals surface area contributed by atoms with Crippen LogP contribution >= 0.6 is 12.0 Å². The molecule has 0 amide bonds. The number of fused-ring (bicyclic) bond motifs is 1. The Hall–Kier alpha value is -2.38. The molecule has 2 aromatic carbocycles. The van der Waals surface area contributed by atoms with E-state index in [1.807, 2.05) is 42.5 Å². The van der Waals surface area contributed by atoms with Crippen LogP contribution < -0.4 is 10.1 Å². The van der Waals surface area contributed by atoms with Crippen LogP contribution in [0.1, 0.15) is 23.7 Å². The van der Waals surface area contributed by atoms with E-state index in [4.69, 9.17) is 9.29 Å². The second-order valence-corrected chi connectivity index (χ2v) is 7.83. The predicted molar refractivity (Wildman–Crippen MR) is 115 cm³/mol. The van der Waals surface area contributed by atoms with Gasteiger partial charge >= 0.3 is 0 Å². The number of benzene rings is 2. The second-order valence-electron chi connectivity index (χ2n) is 7.18. The summed E-state index contributed by atoms with van der Waals surface area (Å²) < 4.78 is 15.3. The molecule has 0 radical (unpaired) electrons. The van der Waals surface area contributed by atoms with E-state index in [0.29, 0.717) is 13.1 Å². The molecule has 1 aromatic heterocycles. The van der Waals surface area contributed by atoms with Crippen molar-refractivity contribution in [2.24, 2.45) is 0 Å². The summed E-state index contributed by atoms with van der Waals surface area (Å²) in [7, 11) is 0. The molecule has 2 heterocycles. The molecule has 0 saturated carbocycles. The minimum absolute atomic E-state index is 0.0929. The Kier molecular flexibility index (Phi) is 6.46. The first kappa shape index (κ1) is 19.9. The van der Waals surface area contributed by atoms with Gasteiger partial charge in [-0.2, -0.15) is 0 Å². The highest BCUT2D eigenvalue weighted by Crippen LogP contribution is 2.32. The zero-order chi connectivity index (χ0) is 20.1. The fourth-order valence-electron chi connectivity index (χ4n) is 3.55. The SMILES string of the molecule is OSc1ccc(-c2ccc3c(c2)CCC(CNCC(O)c2cccnc2)O3)cc1. The number of nitrogens with zero attached hydrogens (tertiary/aromatic N) is 1. The topological polar surface area (TPSA) is 74.6 Å². The Balaban J connectivity index is 1.33. The third-order valence-electron chi connectivity index (χ3n) is 5.16. The summed E-state index contributed by atoms with van der Waals surface area (Å²) in [5.41, 5.74) is 4.31. The smallest absolute Gasteiger partial charge is 0.123 e. The summed E-state index contributed by atoms with van der Waals surface area (Å²) >= 11 is 0.758. The van der Waals surface area contributed by atoms with Gasteiger partial charge in [-0.1, -0.05) is 24.3 Å². The van der Waals surface area contributed by atoms with Gasteiger partial charge in [0.05, 0.1) is 6.10 Å². The molecular weight excluding hydrogens is 384 g/mol. The van der Waals surface area contributed by atoms with Gasteiger partial charge in [0.15, 0.2) is 0 Å². The lowest BCUT2D eigenvalue weighted by Gasteiger charge is -2.27. The van der Waals surface area contributed by atoms with E-state index in [1.165, 1.54) is 5.56 Å². The Morgan fingerprint density at radius 1 is 1.14 bits per heavy atom. The van der Waals surface area contributed by atoms with Gasteiger partial charge in [0.2, 0.25) is 0 Å². The second kappa shape index (κ2) is 9.41. The number of pyridine rings is 1. The van der Waals surface area contributed by atoms with Crippen molar-refractivity contribution in [1.29, 1.82) is 0 Å². The van der Waals surface area contributed by atoms with Gasteiger partial charge < -0.3 is 19.7 Å². The van der Waals surface area contributed by atoms with Crippen LogP contribution in [0.4, 0.5) is 0 Å². The third kappa shape index (κ3) is 4.97. The number of ether oxygens (including phenoxy) is 1. The van der Waals surface area contributed by atoms with E-state index in [2.05, 4.69) is 22.4 Å². The minimum atomic E-state index is -0.572. The molecule has 1 aliphatic rings. The van der Waals surface area contributed by atoms with E-state index in [0.717, 1.165) is 52.2 Å². The molecule has 1 aliphatic heterocycles. The van der Waals surface area contributed by atoms with Crippen molar-refractivity contribution >= 4 is 12.0 Å². The first-order valence-corrected chi connectivity index (χ1v) is 10.5. The summed E-state index contributed by atoms with van der Waals surface area (Å²) in [5.74, 6) is 0.933. The number of nitrogens with one attached hydrogen (secondary N) is 1. The number of rotatable bonds is 7. The van der Waals surface area contributed by atoms with Gasteiger partial charge in [0.1, 0.15) is 11.9 Å². The predicted octanol–water partition coefficient (Wildman–Crippen LogP) is 4.33. The van der Waals surface area contributed by atoms with E-state index >= 15 is 0 Å². The van der Waals surface area contributed by atoms with Crippen LogP contribution in [0.25, 0.3) is 11.1 Å². The Bertz CT molecular complexity index is 935. The monoisotopic (exact) mass is 408 g/mol. The van der Waals surface area contributed by atoms with Gasteiger partial charge in [-0.05, 0) is 59.9 Å². The van der Waals surface area contributed by atoms with Crippen LogP contribution in [0.5, 0.6) is 5.75 Å². The van der Waals surface area contributed by atoms with E-state index in [1.54, 1.807) is 12.4 Å². The lowest BCUT2D eigenvalue weighted by molar-refractivity contribution is 0.146. The van der Waals surface area contributed by atoms with Crippen LogP contribution in [0.15, 0.2) is 71.9 Å². The molecule has 0 spiro atoms. The molecule has 3 aromatic rings. The Morgan fingerprint density at radius 3 is 2.72 bits per heavy atom. The van der Waals surface area contributed by atoms with Crippen LogP contribution in [-0.4, -0.2) is 33.8 Å². The maximum absolute atomic E-state index is 10.2. The number of hydrogen-bond acceptors (Lipinski definition) is 6. The zero-order valence-corrected chi connectivity index (χ0v) is 16.8. The first-order valence-electron chi connectivity index (χ1n) is 9.73. The van der Waals surface area contributed by atoms with E-state index in [9.17, 15) is 5.11 Å². The van der Waals surface area contributed by atoms with Crippen molar-refractivity contribution in [3.05, 3.63) is 78.1 Å². The quantitative estimate of drug-likeness (QED) is 0.505. The fraction of sp³-hybridized carbons (Fsp3) is 0.261. The van der Waals surface area contributed by atoms with Gasteiger partial charge in [-0.15, -0.1) is 0 Å².